The summed E-state index contributed by atoms with van der Waals surface area (Å²) in [6, 6.07) is 26.7. The van der Waals surface area contributed by atoms with Crippen LogP contribution in [0.5, 0.6) is 0 Å². The molecule has 1 saturated heterocycles. The molecule has 1 aliphatic rings. The fraction of sp³-hybridized carbons (Fsp3) is 0.412. The van der Waals surface area contributed by atoms with Gasteiger partial charge in [0.25, 0.3) is 0 Å². The SMILES string of the molecule is CBr.CCC(CC)[C@H](C[NH2+]CC(=O)c1ccc(N2CCCC2)cc1)OC(=O)[C@H](Nc1ccccc1)c1ccccc1. The highest BCUT2D eigenvalue weighted by molar-refractivity contribution is 9.08. The third kappa shape index (κ3) is 9.72. The minimum atomic E-state index is -0.624. The first-order valence-electron chi connectivity index (χ1n) is 14.7. The molecule has 4 rings (SSSR count). The molecule has 0 unspecified atom stereocenters. The van der Waals surface area contributed by atoms with Gasteiger partial charge in [-0.1, -0.05) is 78.3 Å². The smallest absolute Gasteiger partial charge is 0.333 e. The van der Waals surface area contributed by atoms with Gasteiger partial charge in [0.15, 0.2) is 12.1 Å². The molecule has 1 fully saturated rings. The molecule has 1 heterocycles. The standard InChI is InChI=1S/C33H41N3O3.CH3Br/c1-3-25(4-2)31(24-34-23-30(37)26-17-19-29(20-18-26)36-21-11-12-22-36)39-33(38)32(27-13-7-5-8-14-27)35-28-15-9-6-10-16-28;1-2/h5-10,13-20,25,31-32,34-35H,3-4,11-12,21-24H2,1-2H3;1H3/p+1/t31-,32+;/m0./s1. The maximum Gasteiger partial charge on any atom is 0.333 e. The zero-order valence-corrected chi connectivity index (χ0v) is 26.2. The fourth-order valence-corrected chi connectivity index (χ4v) is 5.32. The number of alkyl halides is 1. The number of carbonyl (C=O) groups excluding carboxylic acids is 2. The Hall–Kier alpha value is -3.16. The molecule has 3 N–H and O–H groups in total. The second-order valence-corrected chi connectivity index (χ2v) is 10.3. The van der Waals surface area contributed by atoms with Gasteiger partial charge in [0.2, 0.25) is 5.78 Å². The molecule has 41 heavy (non-hydrogen) atoms. The molecule has 0 spiro atoms. The van der Waals surface area contributed by atoms with Gasteiger partial charge in [-0.05, 0) is 73.5 Å². The van der Waals surface area contributed by atoms with Crippen LogP contribution in [0.15, 0.2) is 84.9 Å². The summed E-state index contributed by atoms with van der Waals surface area (Å²) in [5.41, 5.74) is 3.62. The molecule has 7 heteroatoms. The molecule has 0 saturated carbocycles. The molecule has 0 amide bonds. The van der Waals surface area contributed by atoms with E-state index in [-0.39, 0.29) is 23.8 Å². The van der Waals surface area contributed by atoms with Gasteiger partial charge in [-0.25, -0.2) is 4.79 Å². The molecule has 0 bridgehead atoms. The van der Waals surface area contributed by atoms with Gasteiger partial charge < -0.3 is 20.3 Å². The van der Waals surface area contributed by atoms with Gasteiger partial charge >= 0.3 is 5.97 Å². The summed E-state index contributed by atoms with van der Waals surface area (Å²) >= 11 is 2.94. The van der Waals surface area contributed by atoms with Crippen LogP contribution < -0.4 is 15.5 Å². The first kappa shape index (κ1) is 32.4. The summed E-state index contributed by atoms with van der Waals surface area (Å²) in [4.78, 5) is 28.9. The Balaban J connectivity index is 0.00000226. The maximum atomic E-state index is 13.6. The Kier molecular flexibility index (Phi) is 13.9. The first-order chi connectivity index (χ1) is 20.1. The third-order valence-corrected chi connectivity index (χ3v) is 7.68. The first-order valence-corrected chi connectivity index (χ1v) is 16.3. The highest BCUT2D eigenvalue weighted by atomic mass is 79.9. The van der Waals surface area contributed by atoms with E-state index in [1.54, 1.807) is 0 Å². The molecule has 6 nitrogen and oxygen atoms in total. The number of ketones is 1. The highest BCUT2D eigenvalue weighted by Crippen LogP contribution is 2.24. The van der Waals surface area contributed by atoms with Gasteiger partial charge in [-0.2, -0.15) is 0 Å². The van der Waals surface area contributed by atoms with Crippen molar-refractivity contribution in [2.75, 3.05) is 42.2 Å². The van der Waals surface area contributed by atoms with E-state index >= 15 is 0 Å². The topological polar surface area (TPSA) is 75.2 Å². The Morgan fingerprint density at radius 3 is 2.05 bits per heavy atom. The van der Waals surface area contributed by atoms with Crippen LogP contribution in [0.2, 0.25) is 0 Å². The number of hydrogen-bond acceptors (Lipinski definition) is 5. The number of Topliss-reactive ketones (excluding diaryl/α,β-unsaturated/α-hetero) is 1. The number of anilines is 2. The summed E-state index contributed by atoms with van der Waals surface area (Å²) < 4.78 is 6.19. The van der Waals surface area contributed by atoms with Crippen LogP contribution in [0.4, 0.5) is 11.4 Å². The highest BCUT2D eigenvalue weighted by Gasteiger charge is 2.30. The largest absolute Gasteiger partial charge is 0.454 e. The van der Waals surface area contributed by atoms with Gasteiger partial charge in [-0.15, -0.1) is 0 Å². The lowest BCUT2D eigenvalue weighted by Crippen LogP contribution is -2.88. The average molecular weight is 624 g/mol. The lowest BCUT2D eigenvalue weighted by molar-refractivity contribution is -0.650. The van der Waals surface area contributed by atoms with E-state index in [0.29, 0.717) is 13.1 Å². The molecule has 0 aromatic heterocycles. The van der Waals surface area contributed by atoms with Crippen molar-refractivity contribution in [2.45, 2.75) is 51.7 Å². The Morgan fingerprint density at radius 1 is 0.878 bits per heavy atom. The van der Waals surface area contributed by atoms with Crippen LogP contribution in [0.25, 0.3) is 0 Å². The van der Waals surface area contributed by atoms with Crippen molar-refractivity contribution in [3.05, 3.63) is 96.1 Å². The van der Waals surface area contributed by atoms with Crippen molar-refractivity contribution in [1.82, 2.24) is 0 Å². The van der Waals surface area contributed by atoms with Crippen molar-refractivity contribution < 1.29 is 19.6 Å². The van der Waals surface area contributed by atoms with Crippen LogP contribution in [-0.4, -0.2) is 49.9 Å². The Labute approximate surface area is 254 Å². The van der Waals surface area contributed by atoms with E-state index < -0.39 is 6.04 Å². The van der Waals surface area contributed by atoms with E-state index in [0.717, 1.165) is 42.7 Å². The van der Waals surface area contributed by atoms with E-state index in [9.17, 15) is 9.59 Å². The molecule has 1 aliphatic heterocycles. The van der Waals surface area contributed by atoms with Crippen molar-refractivity contribution in [2.24, 2.45) is 5.92 Å². The molecule has 0 radical (unpaired) electrons. The van der Waals surface area contributed by atoms with Gasteiger partial charge in [0, 0.05) is 35.9 Å². The number of nitrogens with two attached hydrogens (primary N) is 1. The summed E-state index contributed by atoms with van der Waals surface area (Å²) in [5, 5.41) is 5.33. The Morgan fingerprint density at radius 2 is 1.46 bits per heavy atom. The number of benzene rings is 3. The summed E-state index contributed by atoms with van der Waals surface area (Å²) in [7, 11) is 0. The van der Waals surface area contributed by atoms with Gasteiger partial charge in [0.1, 0.15) is 13.1 Å². The third-order valence-electron chi connectivity index (χ3n) is 7.68. The summed E-state index contributed by atoms with van der Waals surface area (Å²) in [6.07, 6.45) is 3.97. The molecule has 2 atom stereocenters. The fourth-order valence-electron chi connectivity index (χ4n) is 5.32. The lowest BCUT2D eigenvalue weighted by Gasteiger charge is -2.27. The number of nitrogens with zero attached hydrogens (tertiary/aromatic N) is 1. The van der Waals surface area contributed by atoms with Crippen LogP contribution >= 0.6 is 15.9 Å². The van der Waals surface area contributed by atoms with Crippen molar-refractivity contribution in [3.8, 4) is 0 Å². The quantitative estimate of drug-likeness (QED) is 0.126. The number of hydrogen-bond donors (Lipinski definition) is 2. The molecule has 0 aliphatic carbocycles. The minimum Gasteiger partial charge on any atom is -0.454 e. The zero-order chi connectivity index (χ0) is 29.5. The van der Waals surface area contributed by atoms with E-state index in [1.165, 1.54) is 18.5 Å². The Bertz CT molecular complexity index is 1160. The monoisotopic (exact) mass is 622 g/mol. The lowest BCUT2D eigenvalue weighted by atomic mass is 9.96. The number of quaternary nitrogens is 1. The van der Waals surface area contributed by atoms with Crippen LogP contribution in [0, 0.1) is 5.92 Å². The molecular weight excluding hydrogens is 578 g/mol. The molecule has 3 aromatic carbocycles. The van der Waals surface area contributed by atoms with Crippen molar-refractivity contribution in [1.29, 1.82) is 0 Å². The predicted molar refractivity (Wildman–Crippen MR) is 172 cm³/mol. The number of ether oxygens (including phenoxy) is 1. The molecule has 220 valence electrons. The maximum absolute atomic E-state index is 13.6. The number of halogens is 1. The number of rotatable bonds is 14. The number of para-hydroxylation sites is 1. The van der Waals surface area contributed by atoms with Gasteiger partial charge in [0.05, 0.1) is 0 Å². The van der Waals surface area contributed by atoms with Crippen molar-refractivity contribution in [3.63, 3.8) is 0 Å². The minimum absolute atomic E-state index is 0.0884. The van der Waals surface area contributed by atoms with E-state index in [2.05, 4.69) is 52.1 Å². The van der Waals surface area contributed by atoms with Crippen LogP contribution in [-0.2, 0) is 9.53 Å². The van der Waals surface area contributed by atoms with Crippen LogP contribution in [0.3, 0.4) is 0 Å². The van der Waals surface area contributed by atoms with E-state index in [1.807, 2.05) is 83.9 Å². The van der Waals surface area contributed by atoms with Crippen LogP contribution in [0.1, 0.15) is 61.5 Å². The average Bonchev–Trinajstić information content (AvgIpc) is 3.57. The summed E-state index contributed by atoms with van der Waals surface area (Å²) in [5.74, 6) is 1.81. The van der Waals surface area contributed by atoms with Gasteiger partial charge in [-0.3, -0.25) is 4.79 Å². The summed E-state index contributed by atoms with van der Waals surface area (Å²) in [6.45, 7) is 7.29. The van der Waals surface area contributed by atoms with E-state index in [4.69, 9.17) is 4.74 Å². The molecular formula is C34H45BrN3O3+. The number of nitrogens with one attached hydrogen (secondary N) is 1. The normalized spacial score (nSPS) is 14.1. The number of carbonyl (C=O) groups is 2. The molecule has 3 aromatic rings. The van der Waals surface area contributed by atoms with Crippen molar-refractivity contribution >= 4 is 39.1 Å². The second kappa shape index (κ2) is 17.6. The second-order valence-electron chi connectivity index (χ2n) is 10.3. The zero-order valence-electron chi connectivity index (χ0n) is 24.6. The number of esters is 1. The predicted octanol–water partition coefficient (Wildman–Crippen LogP) is 6.25.